The summed E-state index contributed by atoms with van der Waals surface area (Å²) in [5.41, 5.74) is 0.919. The predicted octanol–water partition coefficient (Wildman–Crippen LogP) is 3.81. The number of hydrogen-bond donors (Lipinski definition) is 0. The maximum absolute atomic E-state index is 13.0. The highest BCUT2D eigenvalue weighted by molar-refractivity contribution is 7.09. The topological polar surface area (TPSA) is 29.5 Å². The van der Waals surface area contributed by atoms with Gasteiger partial charge < -0.3 is 9.64 Å². The van der Waals surface area contributed by atoms with Crippen LogP contribution in [0.3, 0.4) is 0 Å². The van der Waals surface area contributed by atoms with Crippen molar-refractivity contribution in [2.45, 2.75) is 25.4 Å². The van der Waals surface area contributed by atoms with Crippen molar-refractivity contribution in [3.05, 3.63) is 58.0 Å². The number of nitrogens with zero attached hydrogens (tertiary/aromatic N) is 1. The van der Waals surface area contributed by atoms with Gasteiger partial charge in [0.25, 0.3) is 0 Å². The third-order valence-electron chi connectivity index (χ3n) is 4.05. The molecule has 0 unspecified atom stereocenters. The molecule has 1 aromatic heterocycles. The van der Waals surface area contributed by atoms with E-state index in [1.165, 1.54) is 17.0 Å². The second-order valence-corrected chi connectivity index (χ2v) is 6.72. The molecule has 3 nitrogen and oxygen atoms in total. The Morgan fingerprint density at radius 2 is 2.13 bits per heavy atom. The number of thiophene rings is 1. The van der Waals surface area contributed by atoms with Gasteiger partial charge in [0.15, 0.2) is 0 Å². The first-order chi connectivity index (χ1) is 11.2. The van der Waals surface area contributed by atoms with Crippen molar-refractivity contribution in [1.82, 2.24) is 4.90 Å². The van der Waals surface area contributed by atoms with Gasteiger partial charge >= 0.3 is 0 Å². The van der Waals surface area contributed by atoms with Gasteiger partial charge in [-0.05, 0) is 42.0 Å². The van der Waals surface area contributed by atoms with Gasteiger partial charge in [-0.25, -0.2) is 4.39 Å². The molecule has 1 atom stereocenters. The average molecular weight is 333 g/mol. The van der Waals surface area contributed by atoms with Crippen LogP contribution in [0.25, 0.3) is 0 Å². The highest BCUT2D eigenvalue weighted by atomic mass is 32.1. The van der Waals surface area contributed by atoms with Crippen molar-refractivity contribution in [3.8, 4) is 0 Å². The van der Waals surface area contributed by atoms with Crippen molar-refractivity contribution in [2.75, 3.05) is 19.7 Å². The Morgan fingerprint density at radius 1 is 1.30 bits per heavy atom. The normalized spacial score (nSPS) is 18.1. The number of carbonyl (C=O) groups excluding carboxylic acids is 1. The van der Waals surface area contributed by atoms with E-state index in [-0.39, 0.29) is 17.8 Å². The lowest BCUT2D eigenvalue weighted by Gasteiger charge is -2.33. The molecule has 2 heterocycles. The van der Waals surface area contributed by atoms with Crippen LogP contribution in [0.15, 0.2) is 41.8 Å². The van der Waals surface area contributed by atoms with E-state index in [1.54, 1.807) is 23.5 Å². The maximum Gasteiger partial charge on any atom is 0.222 e. The molecule has 1 aliphatic heterocycles. The van der Waals surface area contributed by atoms with Crippen LogP contribution in [0.2, 0.25) is 0 Å². The van der Waals surface area contributed by atoms with E-state index in [4.69, 9.17) is 4.74 Å². The van der Waals surface area contributed by atoms with E-state index < -0.39 is 0 Å². The average Bonchev–Trinajstić information content (AvgIpc) is 3.09. The molecular weight excluding hydrogens is 313 g/mol. The SMILES string of the molecule is O=C(CCCc1cccs1)N1CCO[C@H](c2ccc(F)cc2)C1. The van der Waals surface area contributed by atoms with E-state index in [9.17, 15) is 9.18 Å². The summed E-state index contributed by atoms with van der Waals surface area (Å²) in [5, 5.41) is 2.06. The van der Waals surface area contributed by atoms with Gasteiger partial charge in [-0.2, -0.15) is 0 Å². The molecule has 0 saturated carbocycles. The fourth-order valence-corrected chi connectivity index (χ4v) is 3.53. The molecule has 5 heteroatoms. The number of morpholine rings is 1. The summed E-state index contributed by atoms with van der Waals surface area (Å²) in [5.74, 6) is -0.0805. The summed E-state index contributed by atoms with van der Waals surface area (Å²) in [7, 11) is 0. The highest BCUT2D eigenvalue weighted by Gasteiger charge is 2.25. The molecule has 23 heavy (non-hydrogen) atoms. The first-order valence-electron chi connectivity index (χ1n) is 7.89. The lowest BCUT2D eigenvalue weighted by molar-refractivity contribution is -0.139. The molecule has 1 aromatic carbocycles. The van der Waals surface area contributed by atoms with Gasteiger partial charge in [0, 0.05) is 17.8 Å². The summed E-state index contributed by atoms with van der Waals surface area (Å²) >= 11 is 1.73. The molecule has 1 saturated heterocycles. The highest BCUT2D eigenvalue weighted by Crippen LogP contribution is 2.23. The van der Waals surface area contributed by atoms with Crippen LogP contribution in [-0.2, 0) is 16.0 Å². The Kier molecular flexibility index (Phi) is 5.41. The lowest BCUT2D eigenvalue weighted by Crippen LogP contribution is -2.42. The quantitative estimate of drug-likeness (QED) is 0.833. The minimum absolute atomic E-state index is 0.161. The third kappa shape index (κ3) is 4.39. The van der Waals surface area contributed by atoms with Crippen LogP contribution >= 0.6 is 11.3 Å². The zero-order valence-corrected chi connectivity index (χ0v) is 13.7. The van der Waals surface area contributed by atoms with Crippen LogP contribution in [0.4, 0.5) is 4.39 Å². The molecule has 3 rings (SSSR count). The summed E-state index contributed by atoms with van der Waals surface area (Å²) in [4.78, 5) is 15.6. The van der Waals surface area contributed by atoms with E-state index in [0.29, 0.717) is 26.1 Å². The molecule has 0 bridgehead atoms. The van der Waals surface area contributed by atoms with Gasteiger partial charge in [-0.15, -0.1) is 11.3 Å². The molecule has 2 aromatic rings. The first kappa shape index (κ1) is 16.1. The Hall–Kier alpha value is -1.72. The molecule has 122 valence electrons. The Balaban J connectivity index is 1.51. The molecule has 1 amide bonds. The molecule has 0 radical (unpaired) electrons. The Morgan fingerprint density at radius 3 is 2.87 bits per heavy atom. The monoisotopic (exact) mass is 333 g/mol. The number of carbonyl (C=O) groups is 1. The molecule has 0 spiro atoms. The summed E-state index contributed by atoms with van der Waals surface area (Å²) in [6, 6.07) is 10.5. The van der Waals surface area contributed by atoms with E-state index in [1.807, 2.05) is 11.0 Å². The minimum Gasteiger partial charge on any atom is -0.370 e. The minimum atomic E-state index is -0.258. The van der Waals surface area contributed by atoms with Crippen LogP contribution in [0, 0.1) is 5.82 Å². The summed E-state index contributed by atoms with van der Waals surface area (Å²) < 4.78 is 18.7. The van der Waals surface area contributed by atoms with Gasteiger partial charge in [0.1, 0.15) is 11.9 Å². The fourth-order valence-electron chi connectivity index (χ4n) is 2.78. The van der Waals surface area contributed by atoms with Crippen LogP contribution in [-0.4, -0.2) is 30.5 Å². The maximum atomic E-state index is 13.0. The second kappa shape index (κ2) is 7.70. The van der Waals surface area contributed by atoms with E-state index in [0.717, 1.165) is 18.4 Å². The van der Waals surface area contributed by atoms with E-state index >= 15 is 0 Å². The van der Waals surface area contributed by atoms with Crippen molar-refractivity contribution < 1.29 is 13.9 Å². The number of rotatable bonds is 5. The van der Waals surface area contributed by atoms with Crippen molar-refractivity contribution in [3.63, 3.8) is 0 Å². The number of amides is 1. The third-order valence-corrected chi connectivity index (χ3v) is 4.99. The van der Waals surface area contributed by atoms with Gasteiger partial charge in [0.2, 0.25) is 5.91 Å². The standard InChI is InChI=1S/C18H20FNO2S/c19-15-8-6-14(7-9-15)17-13-20(10-11-22-17)18(21)5-1-3-16-4-2-12-23-16/h2,4,6-9,12,17H,1,3,5,10-11,13H2/t17-/m0/s1. The van der Waals surface area contributed by atoms with Gasteiger partial charge in [-0.1, -0.05) is 18.2 Å². The number of benzene rings is 1. The second-order valence-electron chi connectivity index (χ2n) is 5.68. The summed E-state index contributed by atoms with van der Waals surface area (Å²) in [6.45, 7) is 1.71. The number of hydrogen-bond acceptors (Lipinski definition) is 3. The molecular formula is C18H20FNO2S. The molecule has 0 aliphatic carbocycles. The van der Waals surface area contributed by atoms with E-state index in [2.05, 4.69) is 11.4 Å². The largest absolute Gasteiger partial charge is 0.370 e. The van der Waals surface area contributed by atoms with Gasteiger partial charge in [-0.3, -0.25) is 4.79 Å². The zero-order chi connectivity index (χ0) is 16.1. The lowest BCUT2D eigenvalue weighted by atomic mass is 10.1. The molecule has 0 N–H and O–H groups in total. The fraction of sp³-hybridized carbons (Fsp3) is 0.389. The first-order valence-corrected chi connectivity index (χ1v) is 8.77. The van der Waals surface area contributed by atoms with Crippen molar-refractivity contribution >= 4 is 17.2 Å². The van der Waals surface area contributed by atoms with Crippen molar-refractivity contribution in [1.29, 1.82) is 0 Å². The van der Waals surface area contributed by atoms with Gasteiger partial charge in [0.05, 0.1) is 13.2 Å². The molecule has 1 aliphatic rings. The number of ether oxygens (including phenoxy) is 1. The molecule has 1 fully saturated rings. The Bertz CT molecular complexity index is 627. The Labute approximate surface area is 139 Å². The zero-order valence-electron chi connectivity index (χ0n) is 12.9. The summed E-state index contributed by atoms with van der Waals surface area (Å²) in [6.07, 6.45) is 2.23. The van der Waals surface area contributed by atoms with Crippen LogP contribution in [0.5, 0.6) is 0 Å². The van der Waals surface area contributed by atoms with Crippen LogP contribution in [0.1, 0.15) is 29.4 Å². The number of halogens is 1. The van der Waals surface area contributed by atoms with Crippen LogP contribution < -0.4 is 0 Å². The smallest absolute Gasteiger partial charge is 0.222 e. The predicted molar refractivity (Wildman–Crippen MR) is 88.9 cm³/mol. The van der Waals surface area contributed by atoms with Crippen molar-refractivity contribution in [2.24, 2.45) is 0 Å². The number of aryl methyl sites for hydroxylation is 1.